The summed E-state index contributed by atoms with van der Waals surface area (Å²) < 4.78 is 5.30. The molecule has 3 heteroatoms. The number of ether oxygens (including phenoxy) is 1. The molecule has 0 fully saturated rings. The molecule has 0 aliphatic rings. The zero-order valence-electron chi connectivity index (χ0n) is 9.99. The minimum absolute atomic E-state index is 0.160. The number of terminal acetylenes is 1. The minimum Gasteiger partial charge on any atom is -0.389 e. The number of aliphatic hydroxyl groups excluding tert-OH is 1. The normalized spacial score (nSPS) is 14.9. The first-order valence-corrected chi connectivity index (χ1v) is 5.56. The van der Waals surface area contributed by atoms with E-state index in [1.165, 1.54) is 0 Å². The van der Waals surface area contributed by atoms with E-state index in [9.17, 15) is 5.11 Å². The Morgan fingerprint density at radius 2 is 2.13 bits per heavy atom. The molecule has 0 heterocycles. The van der Waals surface area contributed by atoms with Crippen LogP contribution in [0.2, 0.25) is 0 Å². The second-order valence-corrected chi connectivity index (χ2v) is 3.96. The Balaban J connectivity index is 3.59. The van der Waals surface area contributed by atoms with Gasteiger partial charge < -0.3 is 15.2 Å². The summed E-state index contributed by atoms with van der Waals surface area (Å²) in [5.41, 5.74) is 0. The van der Waals surface area contributed by atoms with Crippen molar-refractivity contribution in [1.82, 2.24) is 5.32 Å². The highest BCUT2D eigenvalue weighted by atomic mass is 16.5. The highest BCUT2D eigenvalue weighted by Crippen LogP contribution is 1.97. The van der Waals surface area contributed by atoms with Crippen LogP contribution in [-0.4, -0.2) is 36.5 Å². The molecule has 0 bridgehead atoms. The van der Waals surface area contributed by atoms with Crippen molar-refractivity contribution in [3.63, 3.8) is 0 Å². The second kappa shape index (κ2) is 8.72. The van der Waals surface area contributed by atoms with Crippen LogP contribution in [-0.2, 0) is 4.74 Å². The van der Waals surface area contributed by atoms with Gasteiger partial charge in [0.05, 0.1) is 18.8 Å². The summed E-state index contributed by atoms with van der Waals surface area (Å²) in [6, 6.07) is 0.295. The maximum atomic E-state index is 9.57. The van der Waals surface area contributed by atoms with Crippen LogP contribution in [0.4, 0.5) is 0 Å². The summed E-state index contributed by atoms with van der Waals surface area (Å²) in [6.45, 7) is 6.89. The lowest BCUT2D eigenvalue weighted by Gasteiger charge is -2.18. The molecular weight excluding hydrogens is 190 g/mol. The van der Waals surface area contributed by atoms with Crippen LogP contribution in [0.3, 0.4) is 0 Å². The third-order valence-electron chi connectivity index (χ3n) is 2.12. The van der Waals surface area contributed by atoms with Gasteiger partial charge in [0.1, 0.15) is 0 Å². The number of aliphatic hydroxyl groups is 1. The van der Waals surface area contributed by atoms with E-state index in [0.717, 1.165) is 6.42 Å². The zero-order chi connectivity index (χ0) is 11.7. The van der Waals surface area contributed by atoms with E-state index in [0.29, 0.717) is 25.6 Å². The van der Waals surface area contributed by atoms with Crippen LogP contribution in [0.15, 0.2) is 0 Å². The van der Waals surface area contributed by atoms with E-state index < -0.39 is 6.10 Å². The van der Waals surface area contributed by atoms with Crippen molar-refractivity contribution in [2.75, 3.05) is 13.2 Å². The molecule has 88 valence electrons. The Labute approximate surface area is 93.2 Å². The summed E-state index contributed by atoms with van der Waals surface area (Å²) in [4.78, 5) is 0. The molecule has 0 rings (SSSR count). The van der Waals surface area contributed by atoms with Gasteiger partial charge in [0, 0.05) is 19.0 Å². The molecule has 0 radical (unpaired) electrons. The van der Waals surface area contributed by atoms with E-state index in [4.69, 9.17) is 11.2 Å². The van der Waals surface area contributed by atoms with Gasteiger partial charge in [0.2, 0.25) is 0 Å². The molecule has 0 aromatic carbocycles. The van der Waals surface area contributed by atoms with Gasteiger partial charge in [0.25, 0.3) is 0 Å². The summed E-state index contributed by atoms with van der Waals surface area (Å²) in [5.74, 6) is 2.62. The number of hydrogen-bond donors (Lipinski definition) is 2. The van der Waals surface area contributed by atoms with Crippen molar-refractivity contribution < 1.29 is 9.84 Å². The zero-order valence-corrected chi connectivity index (χ0v) is 9.99. The van der Waals surface area contributed by atoms with Crippen molar-refractivity contribution >= 4 is 0 Å². The van der Waals surface area contributed by atoms with Crippen LogP contribution >= 0.6 is 0 Å². The molecule has 2 atom stereocenters. The smallest absolute Gasteiger partial charge is 0.0897 e. The molecule has 2 unspecified atom stereocenters. The minimum atomic E-state index is -0.459. The number of rotatable bonds is 8. The maximum absolute atomic E-state index is 9.57. The molecule has 0 saturated carbocycles. The van der Waals surface area contributed by atoms with Gasteiger partial charge in [-0.05, 0) is 20.3 Å². The Morgan fingerprint density at radius 1 is 1.47 bits per heavy atom. The summed E-state index contributed by atoms with van der Waals surface area (Å²) >= 11 is 0. The van der Waals surface area contributed by atoms with Crippen molar-refractivity contribution in [2.24, 2.45) is 0 Å². The highest BCUT2D eigenvalue weighted by Gasteiger charge is 2.09. The first-order chi connectivity index (χ1) is 7.10. The van der Waals surface area contributed by atoms with Crippen molar-refractivity contribution in [2.45, 2.75) is 51.9 Å². The van der Waals surface area contributed by atoms with Gasteiger partial charge in [-0.15, -0.1) is 12.3 Å². The van der Waals surface area contributed by atoms with Crippen LogP contribution in [0.5, 0.6) is 0 Å². The lowest BCUT2D eigenvalue weighted by Crippen LogP contribution is -2.37. The van der Waals surface area contributed by atoms with Gasteiger partial charge in [-0.3, -0.25) is 0 Å². The van der Waals surface area contributed by atoms with E-state index in [1.807, 2.05) is 13.8 Å². The van der Waals surface area contributed by atoms with Crippen molar-refractivity contribution in [3.05, 3.63) is 0 Å². The SMILES string of the molecule is C#CCC(CC)NCC(O)COC(C)C. The molecular formula is C12H23NO2. The molecule has 0 aromatic heterocycles. The summed E-state index contributed by atoms with van der Waals surface area (Å²) in [7, 11) is 0. The maximum Gasteiger partial charge on any atom is 0.0897 e. The van der Waals surface area contributed by atoms with E-state index in [2.05, 4.69) is 18.2 Å². The van der Waals surface area contributed by atoms with Gasteiger partial charge in [-0.25, -0.2) is 0 Å². The fourth-order valence-electron chi connectivity index (χ4n) is 1.17. The summed E-state index contributed by atoms with van der Waals surface area (Å²) in [5, 5.41) is 12.8. The highest BCUT2D eigenvalue weighted by molar-refractivity contribution is 4.89. The topological polar surface area (TPSA) is 41.5 Å². The predicted molar refractivity (Wildman–Crippen MR) is 62.6 cm³/mol. The Morgan fingerprint density at radius 3 is 2.60 bits per heavy atom. The Bertz CT molecular complexity index is 187. The van der Waals surface area contributed by atoms with Crippen molar-refractivity contribution in [1.29, 1.82) is 0 Å². The average molecular weight is 213 g/mol. The molecule has 15 heavy (non-hydrogen) atoms. The molecule has 0 amide bonds. The number of nitrogens with one attached hydrogen (secondary N) is 1. The molecule has 0 aliphatic carbocycles. The van der Waals surface area contributed by atoms with Crippen LogP contribution in [0, 0.1) is 12.3 Å². The van der Waals surface area contributed by atoms with Crippen LogP contribution in [0.1, 0.15) is 33.6 Å². The third kappa shape index (κ3) is 8.44. The fourth-order valence-corrected chi connectivity index (χ4v) is 1.17. The van der Waals surface area contributed by atoms with Gasteiger partial charge >= 0.3 is 0 Å². The standard InChI is InChI=1S/C12H23NO2/c1-5-7-11(6-2)13-8-12(14)9-15-10(3)4/h1,10-14H,6-9H2,2-4H3. The summed E-state index contributed by atoms with van der Waals surface area (Å²) in [6.07, 6.45) is 6.61. The predicted octanol–water partition coefficient (Wildman–Crippen LogP) is 1.16. The van der Waals surface area contributed by atoms with Gasteiger partial charge in [-0.1, -0.05) is 6.92 Å². The third-order valence-corrected chi connectivity index (χ3v) is 2.12. The van der Waals surface area contributed by atoms with Crippen LogP contribution in [0.25, 0.3) is 0 Å². The lowest BCUT2D eigenvalue weighted by molar-refractivity contribution is 0.00546. The monoisotopic (exact) mass is 213 g/mol. The quantitative estimate of drug-likeness (QED) is 0.595. The molecule has 3 nitrogen and oxygen atoms in total. The molecule has 0 saturated heterocycles. The molecule has 0 aliphatic heterocycles. The molecule has 0 spiro atoms. The largest absolute Gasteiger partial charge is 0.389 e. The lowest BCUT2D eigenvalue weighted by atomic mass is 10.1. The van der Waals surface area contributed by atoms with Crippen molar-refractivity contribution in [3.8, 4) is 12.3 Å². The first-order valence-electron chi connectivity index (χ1n) is 5.56. The first kappa shape index (κ1) is 14.4. The fraction of sp³-hybridized carbons (Fsp3) is 0.833. The van der Waals surface area contributed by atoms with E-state index >= 15 is 0 Å². The number of hydrogen-bond acceptors (Lipinski definition) is 3. The van der Waals surface area contributed by atoms with E-state index in [1.54, 1.807) is 0 Å². The Kier molecular flexibility index (Phi) is 8.40. The Hall–Kier alpha value is -0.560. The average Bonchev–Trinajstić information content (AvgIpc) is 2.21. The molecule has 0 aromatic rings. The second-order valence-electron chi connectivity index (χ2n) is 3.96. The molecule has 2 N–H and O–H groups in total. The van der Waals surface area contributed by atoms with Gasteiger partial charge in [-0.2, -0.15) is 0 Å². The van der Waals surface area contributed by atoms with E-state index in [-0.39, 0.29) is 6.10 Å². The van der Waals surface area contributed by atoms with Crippen LogP contribution < -0.4 is 5.32 Å². The van der Waals surface area contributed by atoms with Gasteiger partial charge in [0.15, 0.2) is 0 Å².